The third kappa shape index (κ3) is 9.88. The molecule has 0 aromatic heterocycles. The van der Waals surface area contributed by atoms with Gasteiger partial charge in [0.05, 0.1) is 0 Å². The number of rotatable bonds is 12. The van der Waals surface area contributed by atoms with Crippen molar-refractivity contribution in [3.63, 3.8) is 0 Å². The fourth-order valence-electron chi connectivity index (χ4n) is 7.81. The second-order valence-electron chi connectivity index (χ2n) is 16.2. The summed E-state index contributed by atoms with van der Waals surface area (Å²) in [5.74, 6) is 2.08. The first-order valence-corrected chi connectivity index (χ1v) is 20.4. The van der Waals surface area contributed by atoms with E-state index in [0.717, 1.165) is 85.0 Å². The standard InChI is InChI=1S/2C25H31NO/c2*1-17(2)20-14-10-15-21(18(3)4)24(20)26-23-16-9-8-13-22(23)25(27)19-11-6-5-7-12-19/h2*5-7,10-12,14-15,17-18,26H,8-9,13,16H2,1-4H3. The number of nitrogens with one attached hydrogen (secondary N) is 2. The number of ketones is 2. The third-order valence-electron chi connectivity index (χ3n) is 10.9. The molecular formula is C50H62N2O2. The summed E-state index contributed by atoms with van der Waals surface area (Å²) in [5, 5.41) is 7.48. The summed E-state index contributed by atoms with van der Waals surface area (Å²) in [6, 6.07) is 32.5. The molecule has 0 radical (unpaired) electrons. The Labute approximate surface area is 325 Å². The lowest BCUT2D eigenvalue weighted by Crippen LogP contribution is -2.17. The molecule has 0 atom stereocenters. The predicted octanol–water partition coefficient (Wildman–Crippen LogP) is 14.1. The summed E-state index contributed by atoms with van der Waals surface area (Å²) in [7, 11) is 0. The molecule has 2 aliphatic carbocycles. The largest absolute Gasteiger partial charge is 0.358 e. The first kappa shape index (κ1) is 40.5. The highest BCUT2D eigenvalue weighted by Crippen LogP contribution is 2.38. The molecule has 0 saturated carbocycles. The van der Waals surface area contributed by atoms with Crippen molar-refractivity contribution < 1.29 is 9.59 Å². The molecule has 6 rings (SSSR count). The zero-order valence-corrected chi connectivity index (χ0v) is 34.0. The highest BCUT2D eigenvalue weighted by atomic mass is 16.1. The fraction of sp³-hybridized carbons (Fsp3) is 0.400. The van der Waals surface area contributed by atoms with Crippen molar-refractivity contribution in [2.75, 3.05) is 10.6 Å². The van der Waals surface area contributed by atoms with Gasteiger partial charge in [0.15, 0.2) is 11.6 Å². The predicted molar refractivity (Wildman–Crippen MR) is 229 cm³/mol. The molecule has 0 unspecified atom stereocenters. The van der Waals surface area contributed by atoms with Crippen LogP contribution in [-0.4, -0.2) is 11.6 Å². The Kier molecular flexibility index (Phi) is 14.3. The molecule has 0 heterocycles. The van der Waals surface area contributed by atoms with E-state index in [1.54, 1.807) is 0 Å². The Hall–Kier alpha value is -4.70. The molecule has 0 bridgehead atoms. The summed E-state index contributed by atoms with van der Waals surface area (Å²) in [4.78, 5) is 26.3. The second-order valence-corrected chi connectivity index (χ2v) is 16.2. The van der Waals surface area contributed by atoms with Crippen molar-refractivity contribution in [3.8, 4) is 0 Å². The van der Waals surface area contributed by atoms with Crippen LogP contribution in [0.25, 0.3) is 0 Å². The minimum Gasteiger partial charge on any atom is -0.358 e. The highest BCUT2D eigenvalue weighted by molar-refractivity contribution is 6.10. The van der Waals surface area contributed by atoms with Crippen LogP contribution in [0.15, 0.2) is 120 Å². The molecule has 2 N–H and O–H groups in total. The van der Waals surface area contributed by atoms with Crippen molar-refractivity contribution >= 4 is 22.9 Å². The number of Topliss-reactive ketones (excluding diaryl/α,β-unsaturated/α-hetero) is 2. The molecule has 0 saturated heterocycles. The molecule has 4 heteroatoms. The highest BCUT2D eigenvalue weighted by Gasteiger charge is 2.24. The summed E-state index contributed by atoms with van der Waals surface area (Å²) in [5.41, 5.74) is 13.4. The molecule has 284 valence electrons. The van der Waals surface area contributed by atoms with Gasteiger partial charge in [-0.15, -0.1) is 0 Å². The smallest absolute Gasteiger partial charge is 0.190 e. The van der Waals surface area contributed by atoms with Gasteiger partial charge in [0, 0.05) is 45.0 Å². The minimum atomic E-state index is 0.172. The Morgan fingerprint density at radius 3 is 1.00 bits per heavy atom. The van der Waals surface area contributed by atoms with Crippen LogP contribution < -0.4 is 10.6 Å². The number of hydrogen-bond acceptors (Lipinski definition) is 4. The maximum atomic E-state index is 13.1. The topological polar surface area (TPSA) is 58.2 Å². The molecule has 4 nitrogen and oxygen atoms in total. The van der Waals surface area contributed by atoms with Crippen LogP contribution in [0.1, 0.15) is 173 Å². The van der Waals surface area contributed by atoms with Crippen molar-refractivity contribution in [2.45, 2.75) is 130 Å². The van der Waals surface area contributed by atoms with Crippen LogP contribution in [0.2, 0.25) is 0 Å². The maximum Gasteiger partial charge on any atom is 0.190 e. The maximum absolute atomic E-state index is 13.1. The van der Waals surface area contributed by atoms with E-state index in [0.29, 0.717) is 23.7 Å². The second kappa shape index (κ2) is 19.1. The molecule has 4 aromatic rings. The van der Waals surface area contributed by atoms with Crippen LogP contribution in [0, 0.1) is 0 Å². The Balaban J connectivity index is 0.000000208. The van der Waals surface area contributed by atoms with Crippen LogP contribution in [-0.2, 0) is 0 Å². The molecule has 0 aliphatic heterocycles. The summed E-state index contributed by atoms with van der Waals surface area (Å²) < 4.78 is 0. The lowest BCUT2D eigenvalue weighted by Gasteiger charge is -2.26. The van der Waals surface area contributed by atoms with Gasteiger partial charge >= 0.3 is 0 Å². The number of benzene rings is 4. The fourth-order valence-corrected chi connectivity index (χ4v) is 7.81. The number of anilines is 2. The van der Waals surface area contributed by atoms with E-state index in [1.165, 1.54) is 33.6 Å². The average Bonchev–Trinajstić information content (AvgIpc) is 3.18. The van der Waals surface area contributed by atoms with E-state index >= 15 is 0 Å². The first-order chi connectivity index (χ1) is 26.0. The molecule has 2 aliphatic rings. The lowest BCUT2D eigenvalue weighted by molar-refractivity contribution is 0.102. The van der Waals surface area contributed by atoms with Crippen molar-refractivity contribution in [2.24, 2.45) is 0 Å². The molecule has 0 fully saturated rings. The third-order valence-corrected chi connectivity index (χ3v) is 10.9. The van der Waals surface area contributed by atoms with Gasteiger partial charge in [0.25, 0.3) is 0 Å². The van der Waals surface area contributed by atoms with E-state index < -0.39 is 0 Å². The van der Waals surface area contributed by atoms with Gasteiger partial charge in [-0.3, -0.25) is 9.59 Å². The van der Waals surface area contributed by atoms with Crippen LogP contribution >= 0.6 is 0 Å². The monoisotopic (exact) mass is 722 g/mol. The Bertz CT molecular complexity index is 1750. The molecule has 4 aromatic carbocycles. The summed E-state index contributed by atoms with van der Waals surface area (Å²) in [6.07, 6.45) is 8.04. The van der Waals surface area contributed by atoms with Crippen molar-refractivity contribution in [1.82, 2.24) is 0 Å². The summed E-state index contributed by atoms with van der Waals surface area (Å²) >= 11 is 0. The van der Waals surface area contributed by atoms with E-state index in [2.05, 4.69) is 102 Å². The average molecular weight is 723 g/mol. The SMILES string of the molecule is CC(C)c1cccc(C(C)C)c1NC1=C(C(=O)c2ccccc2)CCCC1.CC(C)c1cccc(C(C)C)c1NC1=C(C(=O)c2ccccc2)CCCC1. The van der Waals surface area contributed by atoms with Crippen LogP contribution in [0.5, 0.6) is 0 Å². The Morgan fingerprint density at radius 2 is 0.704 bits per heavy atom. The summed E-state index contributed by atoms with van der Waals surface area (Å²) in [6.45, 7) is 17.9. The lowest BCUT2D eigenvalue weighted by atomic mass is 9.88. The van der Waals surface area contributed by atoms with Gasteiger partial charge in [-0.05, 0) is 97.3 Å². The number of carbonyl (C=O) groups is 2. The van der Waals surface area contributed by atoms with Crippen LogP contribution in [0.4, 0.5) is 11.4 Å². The van der Waals surface area contributed by atoms with Crippen molar-refractivity contribution in [1.29, 1.82) is 0 Å². The number of hydrogen-bond donors (Lipinski definition) is 2. The van der Waals surface area contributed by atoms with Gasteiger partial charge in [-0.2, -0.15) is 0 Å². The normalized spacial score (nSPS) is 14.7. The number of allylic oxidation sites excluding steroid dienone is 4. The van der Waals surface area contributed by atoms with Gasteiger partial charge < -0.3 is 10.6 Å². The van der Waals surface area contributed by atoms with E-state index in [1.807, 2.05) is 60.7 Å². The quantitative estimate of drug-likeness (QED) is 0.143. The van der Waals surface area contributed by atoms with Crippen LogP contribution in [0.3, 0.4) is 0 Å². The first-order valence-electron chi connectivity index (χ1n) is 20.4. The minimum absolute atomic E-state index is 0.172. The van der Waals surface area contributed by atoms with Gasteiger partial charge in [-0.25, -0.2) is 0 Å². The Morgan fingerprint density at radius 1 is 0.407 bits per heavy atom. The van der Waals surface area contributed by atoms with Gasteiger partial charge in [0.1, 0.15) is 0 Å². The molecular weight excluding hydrogens is 661 g/mol. The van der Waals surface area contributed by atoms with E-state index in [4.69, 9.17) is 0 Å². The number of para-hydroxylation sites is 2. The van der Waals surface area contributed by atoms with E-state index in [-0.39, 0.29) is 11.6 Å². The number of carbonyl (C=O) groups excluding carboxylic acids is 2. The zero-order valence-electron chi connectivity index (χ0n) is 34.0. The van der Waals surface area contributed by atoms with Gasteiger partial charge in [0.2, 0.25) is 0 Å². The molecule has 0 amide bonds. The van der Waals surface area contributed by atoms with E-state index in [9.17, 15) is 9.59 Å². The zero-order chi connectivity index (χ0) is 38.8. The van der Waals surface area contributed by atoms with Crippen molar-refractivity contribution in [3.05, 3.63) is 153 Å². The van der Waals surface area contributed by atoms with Gasteiger partial charge in [-0.1, -0.05) is 152 Å². The molecule has 0 spiro atoms. The molecule has 54 heavy (non-hydrogen) atoms.